The second-order valence-corrected chi connectivity index (χ2v) is 4.82. The zero-order chi connectivity index (χ0) is 13.3. The molecule has 0 spiro atoms. The quantitative estimate of drug-likeness (QED) is 0.840. The lowest BCUT2D eigenvalue weighted by Crippen LogP contribution is -2.26. The number of carbonyl (C=O) groups is 2. The van der Waals surface area contributed by atoms with Gasteiger partial charge in [-0.3, -0.25) is 9.59 Å². The topological polar surface area (TPSA) is 40.6 Å². The second kappa shape index (κ2) is 5.02. The van der Waals surface area contributed by atoms with Crippen LogP contribution < -0.4 is 9.80 Å². The number of hydrogen-bond acceptors (Lipinski definition) is 3. The van der Waals surface area contributed by atoms with Crippen molar-refractivity contribution in [3.8, 4) is 0 Å². The molecular formula is C13H16N2O2S. The van der Waals surface area contributed by atoms with Crippen molar-refractivity contribution in [3.05, 3.63) is 23.8 Å². The number of amides is 2. The molecule has 0 fully saturated rings. The Bertz CT molecular complexity index is 502. The van der Waals surface area contributed by atoms with Crippen molar-refractivity contribution < 1.29 is 9.59 Å². The Kier molecular flexibility index (Phi) is 3.61. The summed E-state index contributed by atoms with van der Waals surface area (Å²) in [5.41, 5.74) is 2.73. The predicted molar refractivity (Wildman–Crippen MR) is 75.4 cm³/mol. The van der Waals surface area contributed by atoms with Crippen LogP contribution in [0.1, 0.15) is 12.0 Å². The second-order valence-electron chi connectivity index (χ2n) is 4.37. The van der Waals surface area contributed by atoms with Gasteiger partial charge >= 0.3 is 0 Å². The zero-order valence-corrected chi connectivity index (χ0v) is 11.4. The average molecular weight is 264 g/mol. The van der Waals surface area contributed by atoms with E-state index in [1.807, 2.05) is 18.2 Å². The molecule has 1 aliphatic rings. The number of nitrogens with zero attached hydrogens (tertiary/aromatic N) is 2. The number of anilines is 2. The molecule has 0 atom stereocenters. The van der Waals surface area contributed by atoms with E-state index in [2.05, 4.69) is 12.6 Å². The molecular weight excluding hydrogens is 248 g/mol. The maximum Gasteiger partial charge on any atom is 0.231 e. The smallest absolute Gasteiger partial charge is 0.231 e. The van der Waals surface area contributed by atoms with E-state index in [0.717, 1.165) is 16.9 Å². The van der Waals surface area contributed by atoms with E-state index in [9.17, 15) is 9.59 Å². The Morgan fingerprint density at radius 2 is 2.22 bits per heavy atom. The first-order valence-electron chi connectivity index (χ1n) is 5.81. The normalized spacial score (nSPS) is 13.7. The van der Waals surface area contributed by atoms with E-state index in [-0.39, 0.29) is 11.8 Å². The van der Waals surface area contributed by atoms with Gasteiger partial charge in [0.05, 0.1) is 6.42 Å². The summed E-state index contributed by atoms with van der Waals surface area (Å²) in [6.07, 6.45) is 0.823. The number of benzene rings is 1. The monoisotopic (exact) mass is 264 g/mol. The zero-order valence-electron chi connectivity index (χ0n) is 10.5. The van der Waals surface area contributed by atoms with Gasteiger partial charge in [-0.05, 0) is 29.5 Å². The number of likely N-dealkylation sites (N-methyl/N-ethyl adjacent to an activating group) is 1. The van der Waals surface area contributed by atoms with Gasteiger partial charge in [0.25, 0.3) is 0 Å². The minimum Gasteiger partial charge on any atom is -0.315 e. The van der Waals surface area contributed by atoms with E-state index in [4.69, 9.17) is 0 Å². The predicted octanol–water partition coefficient (Wildman–Crippen LogP) is 1.49. The lowest BCUT2D eigenvalue weighted by Gasteiger charge is -2.18. The summed E-state index contributed by atoms with van der Waals surface area (Å²) in [4.78, 5) is 26.6. The van der Waals surface area contributed by atoms with Crippen LogP contribution >= 0.6 is 12.6 Å². The fourth-order valence-corrected chi connectivity index (χ4v) is 2.26. The third-order valence-corrected chi connectivity index (χ3v) is 3.45. The molecule has 18 heavy (non-hydrogen) atoms. The van der Waals surface area contributed by atoms with Crippen LogP contribution in [0.4, 0.5) is 11.4 Å². The summed E-state index contributed by atoms with van der Waals surface area (Å²) in [7, 11) is 3.51. The molecule has 0 aromatic heterocycles. The summed E-state index contributed by atoms with van der Waals surface area (Å²) in [6, 6.07) is 5.66. The van der Waals surface area contributed by atoms with Crippen LogP contribution in [0.15, 0.2) is 18.2 Å². The van der Waals surface area contributed by atoms with Crippen molar-refractivity contribution in [2.24, 2.45) is 0 Å². The molecule has 2 rings (SSSR count). The molecule has 0 saturated carbocycles. The van der Waals surface area contributed by atoms with Crippen molar-refractivity contribution in [1.29, 1.82) is 0 Å². The molecule has 0 saturated heterocycles. The van der Waals surface area contributed by atoms with Gasteiger partial charge in [0.2, 0.25) is 11.8 Å². The molecule has 0 aliphatic carbocycles. The van der Waals surface area contributed by atoms with Crippen molar-refractivity contribution >= 4 is 35.8 Å². The summed E-state index contributed by atoms with van der Waals surface area (Å²) >= 11 is 4.06. The van der Waals surface area contributed by atoms with Crippen LogP contribution in [0, 0.1) is 0 Å². The molecule has 1 aromatic rings. The Hall–Kier alpha value is -1.49. The highest BCUT2D eigenvalue weighted by Gasteiger charge is 2.24. The van der Waals surface area contributed by atoms with Gasteiger partial charge in [0, 0.05) is 31.9 Å². The largest absolute Gasteiger partial charge is 0.315 e. The summed E-state index contributed by atoms with van der Waals surface area (Å²) < 4.78 is 0. The minimum absolute atomic E-state index is 0.0302. The number of rotatable bonds is 3. The summed E-state index contributed by atoms with van der Waals surface area (Å²) in [6.45, 7) is 0. The van der Waals surface area contributed by atoms with Crippen LogP contribution in [0.3, 0.4) is 0 Å². The molecule has 2 amide bonds. The van der Waals surface area contributed by atoms with Crippen molar-refractivity contribution in [2.45, 2.75) is 12.8 Å². The number of hydrogen-bond donors (Lipinski definition) is 1. The molecule has 5 heteroatoms. The Morgan fingerprint density at radius 1 is 1.50 bits per heavy atom. The number of carbonyl (C=O) groups excluding carboxylic acids is 2. The molecule has 1 aliphatic heterocycles. The summed E-state index contributed by atoms with van der Waals surface area (Å²) in [5, 5.41) is 0. The Morgan fingerprint density at radius 3 is 2.89 bits per heavy atom. The maximum absolute atomic E-state index is 11.8. The molecule has 0 bridgehead atoms. The van der Waals surface area contributed by atoms with Gasteiger partial charge in [-0.1, -0.05) is 0 Å². The standard InChI is InChI=1S/C13H16N2O2S/c1-14(12(16)5-6-18)10-3-4-11-9(7-10)8-13(17)15(11)2/h3-4,7,18H,5-6,8H2,1-2H3. The van der Waals surface area contributed by atoms with E-state index in [1.54, 1.807) is 23.9 Å². The van der Waals surface area contributed by atoms with E-state index in [0.29, 0.717) is 18.6 Å². The van der Waals surface area contributed by atoms with Gasteiger partial charge in [-0.15, -0.1) is 0 Å². The molecule has 1 heterocycles. The van der Waals surface area contributed by atoms with Gasteiger partial charge in [-0.25, -0.2) is 0 Å². The third kappa shape index (κ3) is 2.22. The fourth-order valence-electron chi connectivity index (χ4n) is 2.07. The molecule has 96 valence electrons. The molecule has 4 nitrogen and oxygen atoms in total. The number of thiol groups is 1. The van der Waals surface area contributed by atoms with Gasteiger partial charge in [-0.2, -0.15) is 12.6 Å². The van der Waals surface area contributed by atoms with Crippen molar-refractivity contribution in [2.75, 3.05) is 29.6 Å². The van der Waals surface area contributed by atoms with Crippen LogP contribution in [0.5, 0.6) is 0 Å². The highest BCUT2D eigenvalue weighted by atomic mass is 32.1. The van der Waals surface area contributed by atoms with Crippen LogP contribution in [-0.2, 0) is 16.0 Å². The molecule has 1 aromatic carbocycles. The van der Waals surface area contributed by atoms with E-state index in [1.165, 1.54) is 0 Å². The highest BCUT2D eigenvalue weighted by Crippen LogP contribution is 2.31. The van der Waals surface area contributed by atoms with Crippen LogP contribution in [0.2, 0.25) is 0 Å². The minimum atomic E-state index is 0.0302. The molecule has 0 radical (unpaired) electrons. The van der Waals surface area contributed by atoms with Crippen LogP contribution in [0.25, 0.3) is 0 Å². The van der Waals surface area contributed by atoms with Crippen molar-refractivity contribution in [1.82, 2.24) is 0 Å². The fraction of sp³-hybridized carbons (Fsp3) is 0.385. The van der Waals surface area contributed by atoms with E-state index >= 15 is 0 Å². The van der Waals surface area contributed by atoms with Crippen LogP contribution in [-0.4, -0.2) is 31.7 Å². The van der Waals surface area contributed by atoms with Gasteiger partial charge in [0.15, 0.2) is 0 Å². The lowest BCUT2D eigenvalue weighted by atomic mass is 10.1. The van der Waals surface area contributed by atoms with Crippen molar-refractivity contribution in [3.63, 3.8) is 0 Å². The summed E-state index contributed by atoms with van der Waals surface area (Å²) in [5.74, 6) is 0.657. The first kappa shape index (κ1) is 13.0. The first-order valence-corrected chi connectivity index (χ1v) is 6.44. The molecule has 0 N–H and O–H groups in total. The number of fused-ring (bicyclic) bond motifs is 1. The third-order valence-electron chi connectivity index (χ3n) is 3.23. The lowest BCUT2D eigenvalue weighted by molar-refractivity contribution is -0.118. The highest BCUT2D eigenvalue weighted by molar-refractivity contribution is 7.80. The van der Waals surface area contributed by atoms with E-state index < -0.39 is 0 Å². The van der Waals surface area contributed by atoms with Gasteiger partial charge in [0.1, 0.15) is 0 Å². The Balaban J connectivity index is 2.25. The molecule has 0 unspecified atom stereocenters. The SMILES string of the molecule is CN(C(=O)CCS)c1ccc2c(c1)CC(=O)N2C. The average Bonchev–Trinajstić information content (AvgIpc) is 2.64. The Labute approximate surface area is 112 Å². The first-order chi connectivity index (χ1) is 8.54. The maximum atomic E-state index is 11.8. The van der Waals surface area contributed by atoms with Gasteiger partial charge < -0.3 is 9.80 Å².